The maximum absolute atomic E-state index is 12.8. The molecule has 1 aromatic carbocycles. The fraction of sp³-hybridized carbons (Fsp3) is 0.364. The normalized spacial score (nSPS) is 17.2. The molecule has 1 atom stereocenters. The van der Waals surface area contributed by atoms with E-state index in [4.69, 9.17) is 0 Å². The number of piperazine rings is 1. The lowest BCUT2D eigenvalue weighted by atomic mass is 10.0. The molecule has 1 saturated heterocycles. The van der Waals surface area contributed by atoms with E-state index in [0.717, 1.165) is 54.5 Å². The van der Waals surface area contributed by atoms with Crippen LogP contribution in [0.25, 0.3) is 11.3 Å². The predicted octanol–water partition coefficient (Wildman–Crippen LogP) is 4.28. The van der Waals surface area contributed by atoms with Gasteiger partial charge in [-0.1, -0.05) is 12.1 Å². The van der Waals surface area contributed by atoms with Gasteiger partial charge in [0.25, 0.3) is 0 Å². The molecule has 0 unspecified atom stereocenters. The number of anilines is 2. The first-order valence-electron chi connectivity index (χ1n) is 10.0. The van der Waals surface area contributed by atoms with Gasteiger partial charge in [-0.2, -0.15) is 13.2 Å². The molecule has 9 heteroatoms. The first-order chi connectivity index (χ1) is 14.8. The van der Waals surface area contributed by atoms with Gasteiger partial charge >= 0.3 is 6.18 Å². The quantitative estimate of drug-likeness (QED) is 0.621. The van der Waals surface area contributed by atoms with Crippen LogP contribution in [0.1, 0.15) is 23.6 Å². The zero-order chi connectivity index (χ0) is 22.2. The predicted molar refractivity (Wildman–Crippen MR) is 113 cm³/mol. The molecule has 0 saturated carbocycles. The Morgan fingerprint density at radius 1 is 0.968 bits per heavy atom. The van der Waals surface area contributed by atoms with Crippen LogP contribution in [-0.4, -0.2) is 45.8 Å². The smallest absolute Gasteiger partial charge is 0.351 e. The van der Waals surface area contributed by atoms with E-state index in [1.54, 1.807) is 18.6 Å². The minimum atomic E-state index is -4.36. The van der Waals surface area contributed by atoms with Crippen molar-refractivity contribution in [2.75, 3.05) is 29.4 Å². The first-order valence-corrected chi connectivity index (χ1v) is 10.0. The average Bonchev–Trinajstić information content (AvgIpc) is 2.76. The second-order valence-electron chi connectivity index (χ2n) is 7.75. The maximum atomic E-state index is 12.8. The van der Waals surface area contributed by atoms with Crippen molar-refractivity contribution in [2.24, 2.45) is 0 Å². The summed E-state index contributed by atoms with van der Waals surface area (Å²) in [6, 6.07) is 5.25. The highest BCUT2D eigenvalue weighted by molar-refractivity contribution is 5.67. The van der Waals surface area contributed by atoms with Gasteiger partial charge in [-0.25, -0.2) is 4.98 Å². The molecule has 0 aliphatic carbocycles. The van der Waals surface area contributed by atoms with Gasteiger partial charge in [0.2, 0.25) is 0 Å². The lowest BCUT2D eigenvalue weighted by molar-refractivity contribution is -0.137. The SMILES string of the molecule is Cc1c(-c2ccc(C(F)(F)F)cc2)nnc(N2CCN(c3cnccn3)[C@H](C)C2)c1C. The largest absolute Gasteiger partial charge is 0.416 e. The third-order valence-electron chi connectivity index (χ3n) is 5.75. The van der Waals surface area contributed by atoms with Gasteiger partial charge < -0.3 is 9.80 Å². The molecule has 0 amide bonds. The summed E-state index contributed by atoms with van der Waals surface area (Å²) in [6.07, 6.45) is 0.751. The molecule has 31 heavy (non-hydrogen) atoms. The van der Waals surface area contributed by atoms with Gasteiger partial charge in [-0.15, -0.1) is 10.2 Å². The second-order valence-corrected chi connectivity index (χ2v) is 7.75. The number of aromatic nitrogens is 4. The topological polar surface area (TPSA) is 58.0 Å². The molecule has 0 spiro atoms. The Kier molecular flexibility index (Phi) is 5.51. The van der Waals surface area contributed by atoms with E-state index < -0.39 is 11.7 Å². The van der Waals surface area contributed by atoms with E-state index in [0.29, 0.717) is 11.3 Å². The number of nitrogens with zero attached hydrogens (tertiary/aromatic N) is 6. The summed E-state index contributed by atoms with van der Waals surface area (Å²) in [5.41, 5.74) is 2.43. The van der Waals surface area contributed by atoms with Crippen molar-refractivity contribution in [1.82, 2.24) is 20.2 Å². The lowest BCUT2D eigenvalue weighted by Gasteiger charge is -2.41. The Bertz CT molecular complexity index is 1050. The number of hydrogen-bond acceptors (Lipinski definition) is 6. The zero-order valence-electron chi connectivity index (χ0n) is 17.6. The molecular formula is C22H23F3N6. The van der Waals surface area contributed by atoms with Crippen LogP contribution in [0.3, 0.4) is 0 Å². The summed E-state index contributed by atoms with van der Waals surface area (Å²) in [4.78, 5) is 13.0. The molecule has 4 rings (SSSR count). The van der Waals surface area contributed by atoms with Crippen LogP contribution in [0.15, 0.2) is 42.9 Å². The molecule has 3 aromatic rings. The highest BCUT2D eigenvalue weighted by atomic mass is 19.4. The van der Waals surface area contributed by atoms with Crippen LogP contribution in [-0.2, 0) is 6.18 Å². The van der Waals surface area contributed by atoms with Crippen LogP contribution >= 0.6 is 0 Å². The van der Waals surface area contributed by atoms with Crippen LogP contribution in [0, 0.1) is 13.8 Å². The Morgan fingerprint density at radius 2 is 1.71 bits per heavy atom. The molecule has 3 heterocycles. The van der Waals surface area contributed by atoms with Gasteiger partial charge in [-0.05, 0) is 44.0 Å². The van der Waals surface area contributed by atoms with Crippen molar-refractivity contribution < 1.29 is 13.2 Å². The number of halogens is 3. The highest BCUT2D eigenvalue weighted by Gasteiger charge is 2.30. The van der Waals surface area contributed by atoms with E-state index >= 15 is 0 Å². The molecule has 0 N–H and O–H groups in total. The van der Waals surface area contributed by atoms with Crippen LogP contribution in [0.4, 0.5) is 24.8 Å². The van der Waals surface area contributed by atoms with E-state index in [1.165, 1.54) is 12.1 Å². The zero-order valence-corrected chi connectivity index (χ0v) is 17.6. The van der Waals surface area contributed by atoms with Gasteiger partial charge in [0.15, 0.2) is 5.82 Å². The summed E-state index contributed by atoms with van der Waals surface area (Å²) in [5, 5.41) is 8.82. The van der Waals surface area contributed by atoms with Crippen LogP contribution in [0.2, 0.25) is 0 Å². The monoisotopic (exact) mass is 428 g/mol. The van der Waals surface area contributed by atoms with E-state index in [1.807, 2.05) is 13.8 Å². The molecular weight excluding hydrogens is 405 g/mol. The summed E-state index contributed by atoms with van der Waals surface area (Å²) in [5.74, 6) is 1.66. The molecule has 162 valence electrons. The minimum absolute atomic E-state index is 0.210. The van der Waals surface area contributed by atoms with Crippen LogP contribution < -0.4 is 9.80 Å². The Hall–Kier alpha value is -3.23. The Balaban J connectivity index is 1.55. The van der Waals surface area contributed by atoms with Gasteiger partial charge in [-0.3, -0.25) is 4.98 Å². The number of benzene rings is 1. The van der Waals surface area contributed by atoms with Crippen molar-refractivity contribution in [3.8, 4) is 11.3 Å². The molecule has 2 aromatic heterocycles. The van der Waals surface area contributed by atoms with Crippen molar-refractivity contribution in [3.05, 3.63) is 59.5 Å². The minimum Gasteiger partial charge on any atom is -0.351 e. The fourth-order valence-electron chi connectivity index (χ4n) is 3.91. The van der Waals surface area contributed by atoms with Crippen molar-refractivity contribution >= 4 is 11.6 Å². The van der Waals surface area contributed by atoms with Crippen molar-refractivity contribution in [3.63, 3.8) is 0 Å². The van der Waals surface area contributed by atoms with Crippen molar-refractivity contribution in [1.29, 1.82) is 0 Å². The number of rotatable bonds is 3. The molecule has 1 aliphatic heterocycles. The highest BCUT2D eigenvalue weighted by Crippen LogP contribution is 2.33. The Labute approximate surface area is 178 Å². The molecule has 0 bridgehead atoms. The van der Waals surface area contributed by atoms with E-state index in [9.17, 15) is 13.2 Å². The molecule has 1 aliphatic rings. The second kappa shape index (κ2) is 8.13. The van der Waals surface area contributed by atoms with Gasteiger partial charge in [0, 0.05) is 43.6 Å². The third-order valence-corrected chi connectivity index (χ3v) is 5.75. The third kappa shape index (κ3) is 4.17. The van der Waals surface area contributed by atoms with Crippen LogP contribution in [0.5, 0.6) is 0 Å². The summed E-state index contributed by atoms with van der Waals surface area (Å²) in [6.45, 7) is 8.33. The summed E-state index contributed by atoms with van der Waals surface area (Å²) >= 11 is 0. The fourth-order valence-corrected chi connectivity index (χ4v) is 3.91. The standard InChI is InChI=1S/C22H23F3N6/c1-14-13-30(10-11-31(14)19-12-26-8-9-27-19)21-16(3)15(2)20(28-29-21)17-4-6-18(7-5-17)22(23,24)25/h4-9,12,14H,10-11,13H2,1-3H3/t14-/m1/s1. The van der Waals surface area contributed by atoms with Crippen molar-refractivity contribution in [2.45, 2.75) is 33.0 Å². The molecule has 6 nitrogen and oxygen atoms in total. The first kappa shape index (κ1) is 21.0. The Morgan fingerprint density at radius 3 is 2.32 bits per heavy atom. The lowest BCUT2D eigenvalue weighted by Crippen LogP contribution is -2.53. The molecule has 1 fully saturated rings. The number of alkyl halides is 3. The van der Waals surface area contributed by atoms with E-state index in [-0.39, 0.29) is 6.04 Å². The van der Waals surface area contributed by atoms with Gasteiger partial charge in [0.05, 0.1) is 17.5 Å². The van der Waals surface area contributed by atoms with E-state index in [2.05, 4.69) is 36.9 Å². The number of hydrogen-bond donors (Lipinski definition) is 0. The summed E-state index contributed by atoms with van der Waals surface area (Å²) in [7, 11) is 0. The average molecular weight is 428 g/mol. The maximum Gasteiger partial charge on any atom is 0.416 e. The van der Waals surface area contributed by atoms with Gasteiger partial charge in [0.1, 0.15) is 5.82 Å². The molecule has 0 radical (unpaired) electrons. The summed E-state index contributed by atoms with van der Waals surface area (Å²) < 4.78 is 38.5.